The topological polar surface area (TPSA) is 114 Å². The van der Waals surface area contributed by atoms with Crippen molar-refractivity contribution in [2.75, 3.05) is 24.6 Å². The van der Waals surface area contributed by atoms with Crippen LogP contribution in [0.25, 0.3) is 0 Å². The summed E-state index contributed by atoms with van der Waals surface area (Å²) < 4.78 is 0. The van der Waals surface area contributed by atoms with E-state index in [1.807, 2.05) is 0 Å². The van der Waals surface area contributed by atoms with Crippen molar-refractivity contribution < 1.29 is 44.6 Å². The van der Waals surface area contributed by atoms with Crippen molar-refractivity contribution in [1.29, 1.82) is 0 Å². The van der Waals surface area contributed by atoms with Crippen LogP contribution in [0.4, 0.5) is 0 Å². The molecule has 5 N–H and O–H groups in total. The second-order valence-electron chi connectivity index (χ2n) is 1.96. The summed E-state index contributed by atoms with van der Waals surface area (Å²) in [7, 11) is 0. The van der Waals surface area contributed by atoms with Crippen LogP contribution < -0.4 is 45.9 Å². The van der Waals surface area contributed by atoms with Gasteiger partial charge in [-0.05, 0) is 6.20 Å². The summed E-state index contributed by atoms with van der Waals surface area (Å²) in [6.07, 6.45) is 2.59. The largest absolute Gasteiger partial charge is 1.00 e. The molecule has 8 heteroatoms. The van der Waals surface area contributed by atoms with Crippen LogP contribution in [0, 0.1) is 0 Å². The van der Waals surface area contributed by atoms with Gasteiger partial charge in [-0.25, -0.2) is 0 Å². The summed E-state index contributed by atoms with van der Waals surface area (Å²) in [4.78, 5) is 18.9. The van der Waals surface area contributed by atoms with Gasteiger partial charge < -0.3 is 21.8 Å². The maximum absolute atomic E-state index is 9.69. The van der Waals surface area contributed by atoms with Crippen molar-refractivity contribution in [2.45, 2.75) is 14.9 Å². The Morgan fingerprint density at radius 1 is 1.17 bits per heavy atom. The van der Waals surface area contributed by atoms with E-state index in [1.54, 1.807) is 11.8 Å². The van der Waals surface area contributed by atoms with Crippen LogP contribution in [0.3, 0.4) is 0 Å². The van der Waals surface area contributed by atoms with Crippen LogP contribution in [0.5, 0.6) is 0 Å². The molecule has 2 amide bonds. The molecule has 18 heavy (non-hydrogen) atoms. The first-order valence-electron chi connectivity index (χ1n) is 4.08. The minimum Gasteiger partial charge on any atom is -0.870 e. The van der Waals surface area contributed by atoms with Gasteiger partial charge in [0, 0.05) is 24.6 Å². The van der Waals surface area contributed by atoms with Gasteiger partial charge in [0.1, 0.15) is 0 Å². The summed E-state index contributed by atoms with van der Waals surface area (Å²) >= 11 is 1.75. The number of nitrogens with one attached hydrogen (secondary N) is 2. The fourth-order valence-electron chi connectivity index (χ4n) is 0.424. The zero-order valence-electron chi connectivity index (χ0n) is 9.52. The minimum atomic E-state index is 0. The molecule has 0 aromatic heterocycles. The van der Waals surface area contributed by atoms with Gasteiger partial charge in [-0.15, -0.1) is 0 Å². The first kappa shape index (κ1) is 36.1. The van der Waals surface area contributed by atoms with E-state index in [1.165, 1.54) is 6.20 Å². The second kappa shape index (κ2) is 43.6. The molecule has 0 atom stereocenters. The van der Waals surface area contributed by atoms with Gasteiger partial charge in [-0.1, -0.05) is 21.4 Å². The number of hydrogen-bond donors (Lipinski definition) is 3. The normalized spacial score (nSPS) is 6.06. The monoisotopic (exact) mass is 291 g/mol. The maximum Gasteiger partial charge on any atom is 1.00 e. The predicted octanol–water partition coefficient (Wildman–Crippen LogP) is -2.60. The number of carbonyl (C=O) groups excluding carboxylic acids is 2. The molecule has 0 aromatic rings. The Morgan fingerprint density at radius 3 is 2.00 bits per heavy atom. The Bertz CT molecular complexity index is 148. The van der Waals surface area contributed by atoms with E-state index in [9.17, 15) is 9.59 Å². The van der Waals surface area contributed by atoms with E-state index in [-0.39, 0.29) is 49.9 Å². The van der Waals surface area contributed by atoms with E-state index in [2.05, 4.69) is 17.2 Å². The van der Waals surface area contributed by atoms with Crippen LogP contribution in [-0.4, -0.2) is 42.9 Å². The fourth-order valence-corrected chi connectivity index (χ4v) is 1.06. The van der Waals surface area contributed by atoms with Crippen molar-refractivity contribution in [3.05, 3.63) is 12.8 Å². The molecule has 0 fully saturated rings. The van der Waals surface area contributed by atoms with Gasteiger partial charge in [0.2, 0.25) is 12.8 Å². The molecule has 0 rings (SSSR count). The van der Waals surface area contributed by atoms with Crippen LogP contribution in [0.2, 0.25) is 0 Å². The van der Waals surface area contributed by atoms with Crippen LogP contribution in [-0.2, 0) is 9.59 Å². The maximum atomic E-state index is 9.69. The van der Waals surface area contributed by atoms with Crippen molar-refractivity contribution in [3.8, 4) is 0 Å². The van der Waals surface area contributed by atoms with Gasteiger partial charge in [0.15, 0.2) is 0 Å². The first-order valence-corrected chi connectivity index (χ1v) is 5.24. The molecule has 0 aliphatic heterocycles. The average molecular weight is 291 g/mol. The van der Waals surface area contributed by atoms with E-state index < -0.39 is 0 Å². The molecule has 0 spiro atoms. The van der Waals surface area contributed by atoms with E-state index in [4.69, 9.17) is 5.73 Å². The third kappa shape index (κ3) is 56.4. The Hall–Kier alpha value is -0.0500. The third-order valence-corrected chi connectivity index (χ3v) is 1.94. The molecule has 0 saturated heterocycles. The molecule has 0 saturated carbocycles. The number of rotatable bonds is 8. The fraction of sp³-hybridized carbons (Fsp3) is 0.600. The summed E-state index contributed by atoms with van der Waals surface area (Å²) in [6.45, 7) is 4.67. The molecule has 0 unspecified atom stereocenters. The van der Waals surface area contributed by atoms with E-state index in [0.717, 1.165) is 18.1 Å². The molecule has 106 valence electrons. The smallest absolute Gasteiger partial charge is 0.870 e. The van der Waals surface area contributed by atoms with Crippen molar-refractivity contribution in [1.82, 2.24) is 10.6 Å². The van der Waals surface area contributed by atoms with Crippen LogP contribution in [0.15, 0.2) is 12.8 Å². The van der Waals surface area contributed by atoms with Gasteiger partial charge in [-0.2, -0.15) is 11.8 Å². The van der Waals surface area contributed by atoms with Gasteiger partial charge in [0.25, 0.3) is 0 Å². The Kier molecular flexibility index (Phi) is 87.4. The third-order valence-electron chi connectivity index (χ3n) is 0.922. The Morgan fingerprint density at radius 2 is 1.72 bits per heavy atom. The molecule has 0 aliphatic rings. The summed E-state index contributed by atoms with van der Waals surface area (Å²) in [5.41, 5.74) is 5.23. The molecule has 6 nitrogen and oxygen atoms in total. The molecule has 0 aromatic carbocycles. The predicted molar refractivity (Wildman–Crippen MR) is 75.2 cm³/mol. The second-order valence-corrected chi connectivity index (χ2v) is 3.19. The SMILES string of the molecule is C.C.C=CNC=O.NCCSCCNC=O.[Na+].[OH-]. The number of thioether (sulfide) groups is 1. The Balaban J connectivity index is -0.0000000359. The minimum absolute atomic E-state index is 0. The number of carbonyl (C=O) groups is 2. The average Bonchev–Trinajstić information content (AvgIpc) is 2.20. The first-order chi connectivity index (χ1) is 6.83. The van der Waals surface area contributed by atoms with E-state index in [0.29, 0.717) is 19.4 Å². The summed E-state index contributed by atoms with van der Waals surface area (Å²) in [5, 5.41) is 4.76. The molecule has 0 radical (unpaired) electrons. The van der Waals surface area contributed by atoms with Gasteiger partial charge >= 0.3 is 29.6 Å². The van der Waals surface area contributed by atoms with Crippen LogP contribution >= 0.6 is 11.8 Å². The van der Waals surface area contributed by atoms with Crippen molar-refractivity contribution in [3.63, 3.8) is 0 Å². The quantitative estimate of drug-likeness (QED) is 0.258. The number of amides is 2. The van der Waals surface area contributed by atoms with Gasteiger partial charge in [-0.3, -0.25) is 9.59 Å². The molecular formula is C10H26N3NaO3S. The molecule has 0 heterocycles. The van der Waals surface area contributed by atoms with Crippen LogP contribution in [0.1, 0.15) is 14.9 Å². The number of hydrogen-bond acceptors (Lipinski definition) is 5. The summed E-state index contributed by atoms with van der Waals surface area (Å²) in [5.74, 6) is 1.93. The molecule has 0 bridgehead atoms. The molecular weight excluding hydrogens is 265 g/mol. The van der Waals surface area contributed by atoms with Crippen molar-refractivity contribution >= 4 is 24.6 Å². The zero-order chi connectivity index (χ0) is 11.1. The standard InChI is InChI=1S/C5H12N2OS.C3H5NO.2CH4.Na.H2O/c6-1-3-9-4-2-7-5-8;1-2-4-3-5;;;;/h5H,1-4,6H2,(H,7,8);2-3H,1H2,(H,4,5);2*1H4;;1H2/q;;;;+1;/p-1. The van der Waals surface area contributed by atoms with Gasteiger partial charge in [0.05, 0.1) is 0 Å². The summed E-state index contributed by atoms with van der Waals surface area (Å²) in [6, 6.07) is 0. The van der Waals surface area contributed by atoms with Crippen molar-refractivity contribution in [2.24, 2.45) is 5.73 Å². The Labute approximate surface area is 137 Å². The molecule has 0 aliphatic carbocycles. The zero-order valence-corrected chi connectivity index (χ0v) is 12.3. The number of nitrogens with two attached hydrogens (primary N) is 1. The van der Waals surface area contributed by atoms with E-state index >= 15 is 0 Å².